The molecule has 22 heavy (non-hydrogen) atoms. The quantitative estimate of drug-likeness (QED) is 0.728. The molecule has 1 unspecified atom stereocenters. The molecule has 3 saturated heterocycles. The molecule has 3 fully saturated rings. The van der Waals surface area contributed by atoms with Crippen molar-refractivity contribution in [3.8, 4) is 0 Å². The average Bonchev–Trinajstić information content (AvgIpc) is 3.00. The summed E-state index contributed by atoms with van der Waals surface area (Å²) in [4.78, 5) is 14.9. The summed E-state index contributed by atoms with van der Waals surface area (Å²) < 4.78 is 11.1. The molecule has 0 radical (unpaired) electrons. The monoisotopic (exact) mass is 301 g/mol. The second-order valence-electron chi connectivity index (χ2n) is 6.14. The van der Waals surface area contributed by atoms with Crippen molar-refractivity contribution < 1.29 is 14.3 Å². The number of hydrogen-bond acceptors (Lipinski definition) is 6. The van der Waals surface area contributed by atoms with Gasteiger partial charge in [0.15, 0.2) is 5.71 Å². The average molecular weight is 301 g/mol. The maximum absolute atomic E-state index is 12.5. The van der Waals surface area contributed by atoms with E-state index in [9.17, 15) is 4.79 Å². The second kappa shape index (κ2) is 5.44. The van der Waals surface area contributed by atoms with Crippen LogP contribution in [0.4, 0.5) is 0 Å². The van der Waals surface area contributed by atoms with Crippen LogP contribution in [0.5, 0.6) is 0 Å². The van der Waals surface area contributed by atoms with E-state index in [1.165, 1.54) is 0 Å². The molecule has 0 aromatic rings. The molecule has 2 bridgehead atoms. The summed E-state index contributed by atoms with van der Waals surface area (Å²) in [5.41, 5.74) is 1.71. The largest absolute Gasteiger partial charge is 0.456 e. The normalized spacial score (nSPS) is 35.6. The van der Waals surface area contributed by atoms with E-state index in [0.717, 1.165) is 38.0 Å². The Labute approximate surface area is 129 Å². The van der Waals surface area contributed by atoms with Gasteiger partial charge in [-0.1, -0.05) is 12.2 Å². The minimum Gasteiger partial charge on any atom is -0.456 e. The summed E-state index contributed by atoms with van der Waals surface area (Å²) in [7, 11) is 1.62. The molecule has 0 saturated carbocycles. The maximum Gasteiger partial charge on any atom is 0.359 e. The van der Waals surface area contributed by atoms with Crippen molar-refractivity contribution in [3.05, 3.63) is 23.8 Å². The molecule has 2 atom stereocenters. The number of hydrogen-bond donors (Lipinski definition) is 0. The van der Waals surface area contributed by atoms with Crippen LogP contribution >= 0.6 is 0 Å². The Kier molecular flexibility index (Phi) is 3.43. The lowest BCUT2D eigenvalue weighted by Gasteiger charge is -2.43. The summed E-state index contributed by atoms with van der Waals surface area (Å²) in [6.07, 6.45) is 7.57. The van der Waals surface area contributed by atoms with Crippen LogP contribution < -0.4 is 0 Å². The van der Waals surface area contributed by atoms with Crippen LogP contribution in [-0.4, -0.2) is 61.2 Å². The van der Waals surface area contributed by atoms with Gasteiger partial charge in [0.1, 0.15) is 17.9 Å². The fourth-order valence-electron chi connectivity index (χ4n) is 3.63. The number of esters is 1. The molecule has 5 rings (SSSR count). The summed E-state index contributed by atoms with van der Waals surface area (Å²) >= 11 is 0. The number of piperidine rings is 3. The zero-order valence-electron chi connectivity index (χ0n) is 12.6. The minimum absolute atomic E-state index is 0.0142. The molecular weight excluding hydrogens is 282 g/mol. The summed E-state index contributed by atoms with van der Waals surface area (Å²) in [5.74, 6) is 0.122. The molecule has 0 aromatic carbocycles. The van der Waals surface area contributed by atoms with Gasteiger partial charge < -0.3 is 9.47 Å². The van der Waals surface area contributed by atoms with Crippen LogP contribution in [0.3, 0.4) is 0 Å². The molecule has 0 aromatic heterocycles. The van der Waals surface area contributed by atoms with Gasteiger partial charge in [0.05, 0.1) is 0 Å². The molecule has 6 heteroatoms. The number of nitrogens with zero attached hydrogens (tertiary/aromatic N) is 3. The number of methoxy groups -OCH3 is 1. The van der Waals surface area contributed by atoms with Gasteiger partial charge in [-0.15, -0.1) is 5.10 Å². The zero-order chi connectivity index (χ0) is 15.1. The van der Waals surface area contributed by atoms with E-state index in [4.69, 9.17) is 9.47 Å². The van der Waals surface area contributed by atoms with E-state index in [-0.39, 0.29) is 18.2 Å². The van der Waals surface area contributed by atoms with E-state index in [2.05, 4.69) is 15.1 Å². The smallest absolute Gasteiger partial charge is 0.359 e. The van der Waals surface area contributed by atoms with E-state index in [0.29, 0.717) is 17.3 Å². The Bertz CT molecular complexity index is 612. The number of ether oxygens (including phenoxy) is 2. The lowest BCUT2D eigenvalue weighted by atomic mass is 9.86. The first kappa shape index (κ1) is 13.8. The van der Waals surface area contributed by atoms with Crippen molar-refractivity contribution >= 4 is 17.4 Å². The van der Waals surface area contributed by atoms with Gasteiger partial charge in [-0.3, -0.25) is 4.90 Å². The predicted octanol–water partition coefficient (Wildman–Crippen LogP) is 0.946. The highest BCUT2D eigenvalue weighted by Gasteiger charge is 2.39. The summed E-state index contributed by atoms with van der Waals surface area (Å²) in [5, 5.41) is 8.14. The fourth-order valence-corrected chi connectivity index (χ4v) is 3.63. The highest BCUT2D eigenvalue weighted by atomic mass is 16.5. The van der Waals surface area contributed by atoms with Gasteiger partial charge in [0, 0.05) is 19.2 Å². The van der Waals surface area contributed by atoms with E-state index < -0.39 is 0 Å². The first-order chi connectivity index (χ1) is 10.8. The lowest BCUT2D eigenvalue weighted by molar-refractivity contribution is -0.150. The molecule has 0 spiro atoms. The molecule has 6 nitrogen and oxygen atoms in total. The van der Waals surface area contributed by atoms with Crippen molar-refractivity contribution in [2.75, 3.05) is 26.7 Å². The van der Waals surface area contributed by atoms with Gasteiger partial charge in [-0.25, -0.2) is 4.79 Å². The van der Waals surface area contributed by atoms with Crippen molar-refractivity contribution in [2.24, 2.45) is 16.1 Å². The zero-order valence-corrected chi connectivity index (χ0v) is 12.6. The van der Waals surface area contributed by atoms with Gasteiger partial charge in [0.2, 0.25) is 0 Å². The first-order valence-corrected chi connectivity index (χ1v) is 7.77. The third-order valence-electron chi connectivity index (χ3n) is 4.91. The Morgan fingerprint density at radius 1 is 1.32 bits per heavy atom. The number of allylic oxidation sites excluding steroid dienone is 2. The molecule has 0 amide bonds. The minimum atomic E-state index is -0.367. The number of carbonyl (C=O) groups is 1. The molecule has 0 N–H and O–H groups in total. The van der Waals surface area contributed by atoms with Crippen LogP contribution in [0.25, 0.3) is 0 Å². The Balaban J connectivity index is 1.46. The van der Waals surface area contributed by atoms with Gasteiger partial charge in [-0.05, 0) is 37.9 Å². The predicted molar refractivity (Wildman–Crippen MR) is 81.9 cm³/mol. The number of rotatable bonds is 3. The third-order valence-corrected chi connectivity index (χ3v) is 4.91. The van der Waals surface area contributed by atoms with Crippen LogP contribution in [0, 0.1) is 5.92 Å². The topological polar surface area (TPSA) is 63.5 Å². The molecule has 4 heterocycles. The van der Waals surface area contributed by atoms with Crippen molar-refractivity contribution in [1.82, 2.24) is 4.90 Å². The van der Waals surface area contributed by atoms with E-state index in [1.54, 1.807) is 7.11 Å². The van der Waals surface area contributed by atoms with Crippen LogP contribution in [0.15, 0.2) is 34.0 Å². The van der Waals surface area contributed by atoms with Crippen molar-refractivity contribution in [3.63, 3.8) is 0 Å². The lowest BCUT2D eigenvalue weighted by Crippen LogP contribution is -2.52. The maximum atomic E-state index is 12.5. The Morgan fingerprint density at radius 3 is 2.82 bits per heavy atom. The van der Waals surface area contributed by atoms with Gasteiger partial charge >= 0.3 is 5.97 Å². The number of fused-ring (bicyclic) bond motifs is 4. The fraction of sp³-hybridized carbons (Fsp3) is 0.562. The standard InChI is InChI=1S/C16H19N3O3/c1-21-12-4-2-3-11-14(12)17-18-15(11)16(20)22-13-9-19-7-5-10(13)6-8-19/h2-4,10,12-13H,5-9H2,1H3/t12?,13-/m0/s1. The molecule has 5 aliphatic rings. The highest BCUT2D eigenvalue weighted by Crippen LogP contribution is 2.30. The van der Waals surface area contributed by atoms with E-state index >= 15 is 0 Å². The van der Waals surface area contributed by atoms with Gasteiger partial charge in [0.25, 0.3) is 0 Å². The summed E-state index contributed by atoms with van der Waals surface area (Å²) in [6, 6.07) is 0. The Hall–Kier alpha value is -1.79. The Morgan fingerprint density at radius 2 is 2.14 bits per heavy atom. The molecule has 4 aliphatic heterocycles. The van der Waals surface area contributed by atoms with Crippen LogP contribution in [0.1, 0.15) is 12.8 Å². The highest BCUT2D eigenvalue weighted by molar-refractivity contribution is 6.52. The molecule has 116 valence electrons. The van der Waals surface area contributed by atoms with Crippen LogP contribution in [-0.2, 0) is 14.3 Å². The summed E-state index contributed by atoms with van der Waals surface area (Å²) in [6.45, 7) is 3.09. The molecule has 1 aliphatic carbocycles. The molecular formula is C16H19N3O3. The van der Waals surface area contributed by atoms with Crippen molar-refractivity contribution in [1.29, 1.82) is 0 Å². The second-order valence-corrected chi connectivity index (χ2v) is 6.14. The first-order valence-electron chi connectivity index (χ1n) is 7.77. The van der Waals surface area contributed by atoms with Crippen molar-refractivity contribution in [2.45, 2.75) is 25.0 Å². The van der Waals surface area contributed by atoms with Gasteiger partial charge in [-0.2, -0.15) is 5.10 Å². The van der Waals surface area contributed by atoms with E-state index in [1.807, 2.05) is 18.2 Å². The third kappa shape index (κ3) is 2.23. The number of carbonyl (C=O) groups excluding carboxylic acids is 1. The SMILES string of the molecule is COC1C=CC=C2C(C(=O)O[C@H]3CN4CCC3CC4)=NN=C21. The van der Waals surface area contributed by atoms with Crippen LogP contribution in [0.2, 0.25) is 0 Å².